The maximum atomic E-state index is 14.4. The van der Waals surface area contributed by atoms with Crippen LogP contribution in [0.3, 0.4) is 0 Å². The molecule has 0 bridgehead atoms. The number of nitrogens with zero attached hydrogens (tertiary/aromatic N) is 2. The molecule has 0 fully saturated rings. The van der Waals surface area contributed by atoms with Crippen LogP contribution in [0.15, 0.2) is 47.6 Å². The zero-order chi connectivity index (χ0) is 19.2. The second kappa shape index (κ2) is 6.61. The molecule has 2 N–H and O–H groups in total. The van der Waals surface area contributed by atoms with Crippen LogP contribution in [0, 0.1) is 17.6 Å². The number of halogens is 2. The number of carbonyl (C=O) groups excluding carboxylic acids is 1. The van der Waals surface area contributed by atoms with Crippen LogP contribution >= 0.6 is 11.8 Å². The molecule has 8 heteroatoms. The van der Waals surface area contributed by atoms with Gasteiger partial charge in [-0.2, -0.15) is 5.10 Å². The van der Waals surface area contributed by atoms with Crippen LogP contribution in [0.5, 0.6) is 5.75 Å². The number of fused-ring (bicyclic) bond motifs is 2. The summed E-state index contributed by atoms with van der Waals surface area (Å²) in [5.74, 6) is -1.15. The second-order valence-electron chi connectivity index (χ2n) is 6.40. The topological polar surface area (TPSA) is 67.9 Å². The number of para-hydroxylation sites is 1. The van der Waals surface area contributed by atoms with Crippen molar-refractivity contribution >= 4 is 22.7 Å². The number of nitrogens with two attached hydrogens (primary N) is 1. The molecule has 0 saturated heterocycles. The predicted molar refractivity (Wildman–Crippen MR) is 99.2 cm³/mol. The van der Waals surface area contributed by atoms with Crippen LogP contribution in [-0.4, -0.2) is 29.1 Å². The molecule has 1 spiro atoms. The molecular weight excluding hydrogens is 372 g/mol. The maximum Gasteiger partial charge on any atom is 0.241 e. The van der Waals surface area contributed by atoms with Gasteiger partial charge >= 0.3 is 0 Å². The Morgan fingerprint density at radius 2 is 2.15 bits per heavy atom. The lowest BCUT2D eigenvalue weighted by Gasteiger charge is -2.44. The lowest BCUT2D eigenvalue weighted by Crippen LogP contribution is -2.52. The van der Waals surface area contributed by atoms with Crippen LogP contribution in [-0.2, 0) is 9.67 Å². The Morgan fingerprint density at radius 1 is 1.37 bits per heavy atom. The molecule has 0 radical (unpaired) electrons. The first-order valence-electron chi connectivity index (χ1n) is 8.43. The first-order valence-corrected chi connectivity index (χ1v) is 9.25. The molecule has 0 aromatic heterocycles. The molecule has 140 valence electrons. The predicted octanol–water partition coefficient (Wildman–Crippen LogP) is 3.04. The number of thioether (sulfide) groups is 1. The van der Waals surface area contributed by atoms with Gasteiger partial charge in [-0.15, -0.1) is 0 Å². The molecule has 2 atom stereocenters. The van der Waals surface area contributed by atoms with Crippen molar-refractivity contribution in [1.29, 1.82) is 0 Å². The Balaban J connectivity index is 1.90. The third-order valence-corrected chi connectivity index (χ3v) is 6.30. The largest absolute Gasteiger partial charge is 0.493 e. The highest BCUT2D eigenvalue weighted by Gasteiger charge is 2.56. The number of hydrogen-bond acceptors (Lipinski definition) is 5. The summed E-state index contributed by atoms with van der Waals surface area (Å²) in [6, 6.07) is 10.5. The molecule has 2 aromatic carbocycles. The molecule has 2 aliphatic heterocycles. The number of benzene rings is 2. The number of amides is 1. The Hall–Kier alpha value is -2.45. The summed E-state index contributed by atoms with van der Waals surface area (Å²) in [6.07, 6.45) is 0. The van der Waals surface area contributed by atoms with Crippen molar-refractivity contribution < 1.29 is 18.3 Å². The van der Waals surface area contributed by atoms with E-state index in [1.807, 2.05) is 24.3 Å². The van der Waals surface area contributed by atoms with Gasteiger partial charge in [0.15, 0.2) is 4.87 Å². The lowest BCUT2D eigenvalue weighted by atomic mass is 9.89. The van der Waals surface area contributed by atoms with Gasteiger partial charge in [0.25, 0.3) is 0 Å². The number of ether oxygens (including phenoxy) is 1. The molecule has 2 heterocycles. The van der Waals surface area contributed by atoms with Crippen molar-refractivity contribution in [3.05, 3.63) is 65.2 Å². The van der Waals surface area contributed by atoms with E-state index in [9.17, 15) is 13.6 Å². The van der Waals surface area contributed by atoms with E-state index >= 15 is 0 Å². The molecule has 1 amide bonds. The minimum atomic E-state index is -0.969. The monoisotopic (exact) mass is 389 g/mol. The SMILES string of the molecule is CC(=O)N1N=C(c2cc(F)ccc2F)S[C@@]12c1ccccc1OC[C@@H]2CN. The van der Waals surface area contributed by atoms with Crippen LogP contribution < -0.4 is 10.5 Å². The zero-order valence-corrected chi connectivity index (χ0v) is 15.3. The smallest absolute Gasteiger partial charge is 0.241 e. The Bertz CT molecular complexity index is 952. The molecule has 2 aliphatic rings. The van der Waals surface area contributed by atoms with Crippen LogP contribution in [0.1, 0.15) is 18.1 Å². The van der Waals surface area contributed by atoms with E-state index < -0.39 is 16.5 Å². The van der Waals surface area contributed by atoms with Crippen molar-refractivity contribution in [3.8, 4) is 5.75 Å². The number of hydrogen-bond donors (Lipinski definition) is 1. The van der Waals surface area contributed by atoms with Gasteiger partial charge in [0.1, 0.15) is 22.4 Å². The van der Waals surface area contributed by atoms with Crippen LogP contribution in [0.25, 0.3) is 0 Å². The summed E-state index contributed by atoms with van der Waals surface area (Å²) >= 11 is 1.21. The summed E-state index contributed by atoms with van der Waals surface area (Å²) < 4.78 is 33.9. The molecule has 2 aromatic rings. The highest BCUT2D eigenvalue weighted by atomic mass is 32.2. The van der Waals surface area contributed by atoms with Crippen molar-refractivity contribution in [3.63, 3.8) is 0 Å². The van der Waals surface area contributed by atoms with Crippen molar-refractivity contribution in [2.45, 2.75) is 11.8 Å². The third kappa shape index (κ3) is 2.71. The first kappa shape index (κ1) is 17.9. The fourth-order valence-corrected chi connectivity index (χ4v) is 5.06. The van der Waals surface area contributed by atoms with E-state index in [-0.39, 0.29) is 29.0 Å². The fraction of sp³-hybridized carbons (Fsp3) is 0.263. The minimum Gasteiger partial charge on any atom is -0.493 e. The van der Waals surface area contributed by atoms with Gasteiger partial charge < -0.3 is 10.5 Å². The van der Waals surface area contributed by atoms with Gasteiger partial charge in [-0.1, -0.05) is 30.0 Å². The molecule has 27 heavy (non-hydrogen) atoms. The second-order valence-corrected chi connectivity index (χ2v) is 7.61. The van der Waals surface area contributed by atoms with Crippen molar-refractivity contribution in [2.75, 3.05) is 13.2 Å². The van der Waals surface area contributed by atoms with Gasteiger partial charge in [-0.05, 0) is 24.3 Å². The van der Waals surface area contributed by atoms with Gasteiger partial charge in [0, 0.05) is 30.5 Å². The lowest BCUT2D eigenvalue weighted by molar-refractivity contribution is -0.134. The highest BCUT2D eigenvalue weighted by Crippen LogP contribution is 2.56. The van der Waals surface area contributed by atoms with E-state index in [0.29, 0.717) is 12.4 Å². The van der Waals surface area contributed by atoms with E-state index in [1.54, 1.807) is 0 Å². The van der Waals surface area contributed by atoms with Crippen molar-refractivity contribution in [2.24, 2.45) is 16.8 Å². The summed E-state index contributed by atoms with van der Waals surface area (Å²) in [5.41, 5.74) is 6.75. The third-order valence-electron chi connectivity index (χ3n) is 4.77. The standard InChI is InChI=1S/C19H17F2N3O2S/c1-11(25)24-19(12(9-22)10-26-17-5-3-2-4-15(17)19)27-18(23-24)14-8-13(20)6-7-16(14)21/h2-8,12H,9-10,22H2,1H3/t12-,19-/m0/s1. The average molecular weight is 389 g/mol. The minimum absolute atomic E-state index is 0.0165. The molecule has 0 aliphatic carbocycles. The van der Waals surface area contributed by atoms with E-state index in [2.05, 4.69) is 5.10 Å². The summed E-state index contributed by atoms with van der Waals surface area (Å²) in [5, 5.41) is 5.94. The van der Waals surface area contributed by atoms with Gasteiger partial charge in [-0.25, -0.2) is 13.8 Å². The summed E-state index contributed by atoms with van der Waals surface area (Å²) in [4.78, 5) is 11.5. The Kier molecular flexibility index (Phi) is 4.39. The van der Waals surface area contributed by atoms with Gasteiger partial charge in [-0.3, -0.25) is 4.79 Å². The first-order chi connectivity index (χ1) is 13.0. The number of carbonyl (C=O) groups is 1. The quantitative estimate of drug-likeness (QED) is 0.857. The molecular formula is C19H17F2N3O2S. The highest BCUT2D eigenvalue weighted by molar-refractivity contribution is 8.15. The molecule has 4 rings (SSSR count). The Labute approximate surface area is 159 Å². The number of hydrazone groups is 1. The normalized spacial score (nSPS) is 23.8. The molecule has 5 nitrogen and oxygen atoms in total. The molecule has 0 saturated carbocycles. The van der Waals surface area contributed by atoms with E-state index in [4.69, 9.17) is 10.5 Å². The average Bonchev–Trinajstić information content (AvgIpc) is 3.05. The fourth-order valence-electron chi connectivity index (χ4n) is 3.52. The van der Waals surface area contributed by atoms with Crippen LogP contribution in [0.4, 0.5) is 8.78 Å². The maximum absolute atomic E-state index is 14.4. The van der Waals surface area contributed by atoms with Gasteiger partial charge in [0.2, 0.25) is 5.91 Å². The summed E-state index contributed by atoms with van der Waals surface area (Å²) in [6.45, 7) is 1.92. The number of rotatable bonds is 2. The molecule has 0 unspecified atom stereocenters. The van der Waals surface area contributed by atoms with Crippen molar-refractivity contribution in [1.82, 2.24) is 5.01 Å². The Morgan fingerprint density at radius 3 is 2.89 bits per heavy atom. The zero-order valence-electron chi connectivity index (χ0n) is 14.5. The van der Waals surface area contributed by atoms with Crippen LogP contribution in [0.2, 0.25) is 0 Å². The van der Waals surface area contributed by atoms with E-state index in [0.717, 1.165) is 23.8 Å². The summed E-state index contributed by atoms with van der Waals surface area (Å²) in [7, 11) is 0. The van der Waals surface area contributed by atoms with Gasteiger partial charge in [0.05, 0.1) is 6.61 Å². The van der Waals surface area contributed by atoms with E-state index in [1.165, 1.54) is 23.7 Å².